The first-order valence-electron chi connectivity index (χ1n) is 5.66. The first-order chi connectivity index (χ1) is 8.18. The average molecular weight is 250 g/mol. The Morgan fingerprint density at radius 1 is 1.35 bits per heavy atom. The van der Waals surface area contributed by atoms with Crippen LogP contribution in [0.15, 0.2) is 0 Å². The molecule has 0 saturated heterocycles. The number of H-pyrrole nitrogens is 1. The van der Waals surface area contributed by atoms with Gasteiger partial charge < -0.3 is 5.84 Å². The number of nitrogens with zero attached hydrogens (tertiary/aromatic N) is 4. The molecule has 0 amide bonds. The van der Waals surface area contributed by atoms with Crippen LogP contribution in [0.1, 0.15) is 24.1 Å². The molecule has 17 heavy (non-hydrogen) atoms. The zero-order valence-electron chi connectivity index (χ0n) is 9.60. The van der Waals surface area contributed by atoms with E-state index in [0.717, 1.165) is 18.5 Å². The van der Waals surface area contributed by atoms with Crippen molar-refractivity contribution < 1.29 is 0 Å². The van der Waals surface area contributed by atoms with Crippen LogP contribution >= 0.6 is 12.2 Å². The van der Waals surface area contributed by atoms with Gasteiger partial charge in [-0.25, -0.2) is 9.77 Å². The lowest BCUT2D eigenvalue weighted by Gasteiger charge is -2.10. The Morgan fingerprint density at radius 3 is 2.82 bits per heavy atom. The molecule has 0 atom stereocenters. The molecule has 3 N–H and O–H groups in total. The van der Waals surface area contributed by atoms with Gasteiger partial charge in [0.05, 0.1) is 5.69 Å². The topological polar surface area (TPSA) is 77.5 Å². The maximum Gasteiger partial charge on any atom is 0.214 e. The Kier molecular flexibility index (Phi) is 2.29. The van der Waals surface area contributed by atoms with Gasteiger partial charge in [0, 0.05) is 12.6 Å². The van der Waals surface area contributed by atoms with Crippen molar-refractivity contribution in [3.8, 4) is 11.5 Å². The SMILES string of the molecule is Cn1nc2c(c1-c1n[nH]c(=S)n1N)CCCC2. The lowest BCUT2D eigenvalue weighted by molar-refractivity contribution is 0.664. The summed E-state index contributed by atoms with van der Waals surface area (Å²) in [4.78, 5) is 0. The van der Waals surface area contributed by atoms with E-state index in [1.807, 2.05) is 11.7 Å². The summed E-state index contributed by atoms with van der Waals surface area (Å²) in [6, 6.07) is 0. The van der Waals surface area contributed by atoms with Crippen molar-refractivity contribution >= 4 is 12.2 Å². The molecule has 3 rings (SSSR count). The predicted molar refractivity (Wildman–Crippen MR) is 66.4 cm³/mol. The molecule has 0 aromatic carbocycles. The predicted octanol–water partition coefficient (Wildman–Crippen LogP) is 0.934. The summed E-state index contributed by atoms with van der Waals surface area (Å²) in [7, 11) is 1.92. The maximum atomic E-state index is 5.87. The third kappa shape index (κ3) is 1.49. The van der Waals surface area contributed by atoms with E-state index in [9.17, 15) is 0 Å². The molecular formula is C10H14N6S. The minimum Gasteiger partial charge on any atom is -0.335 e. The standard InChI is InChI=1S/C10H14N6S/c1-15-8(9-12-13-10(17)16(9)11)6-4-2-3-5-7(6)14-15/h2-5,11H2,1H3,(H,13,17). The Bertz CT molecular complexity index is 619. The molecule has 0 spiro atoms. The van der Waals surface area contributed by atoms with Crippen molar-refractivity contribution in [3.63, 3.8) is 0 Å². The highest BCUT2D eigenvalue weighted by Gasteiger charge is 2.23. The van der Waals surface area contributed by atoms with Crippen molar-refractivity contribution in [2.24, 2.45) is 7.05 Å². The monoisotopic (exact) mass is 250 g/mol. The highest BCUT2D eigenvalue weighted by atomic mass is 32.1. The summed E-state index contributed by atoms with van der Waals surface area (Å²) in [5, 5.41) is 11.4. The summed E-state index contributed by atoms with van der Waals surface area (Å²) in [5.74, 6) is 6.53. The van der Waals surface area contributed by atoms with Gasteiger partial charge in [-0.1, -0.05) is 0 Å². The Labute approximate surface area is 103 Å². The van der Waals surface area contributed by atoms with E-state index < -0.39 is 0 Å². The molecule has 0 unspecified atom stereocenters. The summed E-state index contributed by atoms with van der Waals surface area (Å²) >= 11 is 5.04. The van der Waals surface area contributed by atoms with E-state index >= 15 is 0 Å². The van der Waals surface area contributed by atoms with Crippen LogP contribution in [0, 0.1) is 4.77 Å². The Balaban J connectivity index is 2.24. The number of rotatable bonds is 1. The molecule has 0 saturated carbocycles. The molecule has 0 fully saturated rings. The molecule has 0 bridgehead atoms. The molecule has 90 valence electrons. The highest BCUT2D eigenvalue weighted by Crippen LogP contribution is 2.29. The van der Waals surface area contributed by atoms with Crippen LogP contribution in [0.2, 0.25) is 0 Å². The quantitative estimate of drug-likeness (QED) is 0.583. The smallest absolute Gasteiger partial charge is 0.214 e. The molecule has 2 heterocycles. The normalized spacial score (nSPS) is 14.9. The van der Waals surface area contributed by atoms with Crippen LogP contribution < -0.4 is 5.84 Å². The van der Waals surface area contributed by atoms with E-state index in [2.05, 4.69) is 15.3 Å². The summed E-state index contributed by atoms with van der Waals surface area (Å²) < 4.78 is 3.68. The number of nitrogens with two attached hydrogens (primary N) is 1. The van der Waals surface area contributed by atoms with Gasteiger partial charge in [-0.2, -0.15) is 10.2 Å². The van der Waals surface area contributed by atoms with Crippen LogP contribution in [0.25, 0.3) is 11.5 Å². The largest absolute Gasteiger partial charge is 0.335 e. The van der Waals surface area contributed by atoms with Crippen molar-refractivity contribution in [1.82, 2.24) is 24.7 Å². The van der Waals surface area contributed by atoms with Gasteiger partial charge >= 0.3 is 0 Å². The van der Waals surface area contributed by atoms with E-state index in [1.54, 1.807) is 0 Å². The lowest BCUT2D eigenvalue weighted by Crippen LogP contribution is -2.12. The van der Waals surface area contributed by atoms with Gasteiger partial charge in [0.15, 0.2) is 5.82 Å². The molecule has 1 aliphatic carbocycles. The number of aromatic amines is 1. The van der Waals surface area contributed by atoms with E-state index in [-0.39, 0.29) is 0 Å². The van der Waals surface area contributed by atoms with Crippen LogP contribution in [0.3, 0.4) is 0 Å². The van der Waals surface area contributed by atoms with Gasteiger partial charge in [-0.05, 0) is 37.9 Å². The summed E-state index contributed by atoms with van der Waals surface area (Å²) in [6.45, 7) is 0. The average Bonchev–Trinajstić information content (AvgIpc) is 2.80. The zero-order valence-corrected chi connectivity index (χ0v) is 10.4. The molecule has 2 aromatic rings. The lowest BCUT2D eigenvalue weighted by atomic mass is 9.96. The summed E-state index contributed by atoms with van der Waals surface area (Å²) in [5.41, 5.74) is 3.41. The molecular weight excluding hydrogens is 236 g/mol. The van der Waals surface area contributed by atoms with Crippen LogP contribution in [0.5, 0.6) is 0 Å². The van der Waals surface area contributed by atoms with E-state index in [1.165, 1.54) is 28.8 Å². The van der Waals surface area contributed by atoms with Crippen molar-refractivity contribution in [2.45, 2.75) is 25.7 Å². The van der Waals surface area contributed by atoms with Crippen LogP contribution in [0.4, 0.5) is 0 Å². The van der Waals surface area contributed by atoms with Gasteiger partial charge in [0.25, 0.3) is 0 Å². The zero-order chi connectivity index (χ0) is 12.0. The number of hydrogen-bond donors (Lipinski definition) is 2. The number of nitrogens with one attached hydrogen (secondary N) is 1. The number of fused-ring (bicyclic) bond motifs is 1. The first kappa shape index (κ1) is 10.5. The van der Waals surface area contributed by atoms with Crippen molar-refractivity contribution in [3.05, 3.63) is 16.0 Å². The minimum absolute atomic E-state index is 0.422. The number of aryl methyl sites for hydroxylation is 2. The first-order valence-corrected chi connectivity index (χ1v) is 6.07. The van der Waals surface area contributed by atoms with E-state index in [0.29, 0.717) is 10.6 Å². The van der Waals surface area contributed by atoms with Crippen molar-refractivity contribution in [2.75, 3.05) is 5.84 Å². The van der Waals surface area contributed by atoms with Crippen LogP contribution in [-0.4, -0.2) is 24.7 Å². The summed E-state index contributed by atoms with van der Waals surface area (Å²) in [6.07, 6.45) is 4.48. The second-order valence-corrected chi connectivity index (χ2v) is 4.71. The molecule has 0 aliphatic heterocycles. The molecule has 0 radical (unpaired) electrons. The van der Waals surface area contributed by atoms with Crippen molar-refractivity contribution in [1.29, 1.82) is 0 Å². The molecule has 7 heteroatoms. The maximum absolute atomic E-state index is 5.87. The van der Waals surface area contributed by atoms with Crippen LogP contribution in [-0.2, 0) is 19.9 Å². The fraction of sp³-hybridized carbons (Fsp3) is 0.500. The van der Waals surface area contributed by atoms with Gasteiger partial charge in [-0.3, -0.25) is 4.68 Å². The molecule has 1 aliphatic rings. The molecule has 6 nitrogen and oxygen atoms in total. The van der Waals surface area contributed by atoms with Gasteiger partial charge in [0.1, 0.15) is 5.69 Å². The molecule has 2 aromatic heterocycles. The van der Waals surface area contributed by atoms with E-state index in [4.69, 9.17) is 18.1 Å². The second kappa shape index (κ2) is 3.69. The number of nitrogen functional groups attached to an aromatic ring is 1. The minimum atomic E-state index is 0.422. The second-order valence-electron chi connectivity index (χ2n) is 4.33. The third-order valence-electron chi connectivity index (χ3n) is 3.24. The number of hydrogen-bond acceptors (Lipinski definition) is 4. The fourth-order valence-corrected chi connectivity index (χ4v) is 2.56. The third-order valence-corrected chi connectivity index (χ3v) is 3.52. The Morgan fingerprint density at radius 2 is 2.12 bits per heavy atom. The highest BCUT2D eigenvalue weighted by molar-refractivity contribution is 7.71. The Hall–Kier alpha value is -1.63. The fourth-order valence-electron chi connectivity index (χ4n) is 2.43. The number of aromatic nitrogens is 5. The van der Waals surface area contributed by atoms with Gasteiger partial charge in [-0.15, -0.1) is 0 Å². The van der Waals surface area contributed by atoms with Gasteiger partial charge in [0.2, 0.25) is 4.77 Å².